The lowest BCUT2D eigenvalue weighted by Crippen LogP contribution is -2.48. The van der Waals surface area contributed by atoms with E-state index < -0.39 is 6.04 Å². The number of nitrogens with zero attached hydrogens (tertiary/aromatic N) is 2. The van der Waals surface area contributed by atoms with Crippen molar-refractivity contribution < 1.29 is 23.6 Å². The molecule has 2 aromatic carbocycles. The van der Waals surface area contributed by atoms with Gasteiger partial charge in [-0.25, -0.2) is 4.39 Å². The maximum absolute atomic E-state index is 13.3. The second kappa shape index (κ2) is 11.0. The molecule has 0 aromatic heterocycles. The zero-order valence-corrected chi connectivity index (χ0v) is 19.7. The molecule has 0 radical (unpaired) electrons. The summed E-state index contributed by atoms with van der Waals surface area (Å²) in [6.45, 7) is 6.35. The number of benzene rings is 2. The highest BCUT2D eigenvalue weighted by Crippen LogP contribution is 2.23. The summed E-state index contributed by atoms with van der Waals surface area (Å²) in [5.74, 6) is -1.41. The molecule has 0 saturated carbocycles. The van der Waals surface area contributed by atoms with Crippen LogP contribution in [0.4, 0.5) is 4.39 Å². The first-order valence-corrected chi connectivity index (χ1v) is 11.5. The van der Waals surface area contributed by atoms with Crippen molar-refractivity contribution in [2.24, 2.45) is 5.92 Å². The molecule has 1 atom stereocenters. The lowest BCUT2D eigenvalue weighted by molar-refractivity contribution is -0.140. The van der Waals surface area contributed by atoms with Crippen molar-refractivity contribution in [1.82, 2.24) is 15.1 Å². The van der Waals surface area contributed by atoms with Gasteiger partial charge in [-0.05, 0) is 49.1 Å². The first-order chi connectivity index (χ1) is 16.2. The van der Waals surface area contributed by atoms with Crippen LogP contribution in [0.1, 0.15) is 59.9 Å². The van der Waals surface area contributed by atoms with Gasteiger partial charge in [0.25, 0.3) is 11.8 Å². The van der Waals surface area contributed by atoms with E-state index in [9.17, 15) is 23.6 Å². The van der Waals surface area contributed by atoms with Crippen LogP contribution in [0.5, 0.6) is 0 Å². The van der Waals surface area contributed by atoms with Crippen LogP contribution in [-0.4, -0.2) is 52.6 Å². The predicted octanol–water partition coefficient (Wildman–Crippen LogP) is 3.39. The Labute approximate surface area is 198 Å². The molecule has 4 amide bonds. The summed E-state index contributed by atoms with van der Waals surface area (Å²) >= 11 is 0. The standard InChI is InChI=1S/C26H30FN3O4/c1-17(2)15-28-24(32)18(3)30(16-19-10-12-20(27)13-11-19)23(31)9-6-14-29-25(33)21-7-4-5-8-22(21)26(29)34/h4-5,7-8,10-13,17-18H,6,9,14-16H2,1-3H3,(H,28,32)/t18-/m0/s1. The van der Waals surface area contributed by atoms with Crippen LogP contribution in [0.3, 0.4) is 0 Å². The van der Waals surface area contributed by atoms with Gasteiger partial charge in [-0.1, -0.05) is 38.1 Å². The Kier molecular flexibility index (Phi) is 8.15. The highest BCUT2D eigenvalue weighted by atomic mass is 19.1. The highest BCUT2D eigenvalue weighted by Gasteiger charge is 2.35. The van der Waals surface area contributed by atoms with Crippen LogP contribution in [0, 0.1) is 11.7 Å². The van der Waals surface area contributed by atoms with E-state index in [1.165, 1.54) is 17.0 Å². The van der Waals surface area contributed by atoms with E-state index in [0.29, 0.717) is 23.2 Å². The average Bonchev–Trinajstić information content (AvgIpc) is 3.06. The average molecular weight is 468 g/mol. The minimum atomic E-state index is -0.740. The number of fused-ring (bicyclic) bond motifs is 1. The van der Waals surface area contributed by atoms with Crippen LogP contribution in [0.2, 0.25) is 0 Å². The van der Waals surface area contributed by atoms with Crippen LogP contribution in [0.25, 0.3) is 0 Å². The fourth-order valence-electron chi connectivity index (χ4n) is 3.80. The van der Waals surface area contributed by atoms with Gasteiger partial charge in [0.15, 0.2) is 0 Å². The van der Waals surface area contributed by atoms with E-state index in [1.54, 1.807) is 43.3 Å². The second-order valence-electron chi connectivity index (χ2n) is 8.87. The molecule has 0 spiro atoms. The number of hydrogen-bond donors (Lipinski definition) is 1. The van der Waals surface area contributed by atoms with Gasteiger partial charge in [-0.2, -0.15) is 0 Å². The molecule has 180 valence electrons. The van der Waals surface area contributed by atoms with E-state index in [0.717, 1.165) is 4.90 Å². The molecule has 1 N–H and O–H groups in total. The van der Waals surface area contributed by atoms with Crippen molar-refractivity contribution in [1.29, 1.82) is 0 Å². The van der Waals surface area contributed by atoms with Gasteiger partial charge in [0.1, 0.15) is 11.9 Å². The molecule has 1 aliphatic heterocycles. The Hall–Kier alpha value is -3.55. The molecule has 7 nitrogen and oxygen atoms in total. The maximum Gasteiger partial charge on any atom is 0.261 e. The van der Waals surface area contributed by atoms with Crippen LogP contribution < -0.4 is 5.32 Å². The van der Waals surface area contributed by atoms with Gasteiger partial charge in [-0.3, -0.25) is 24.1 Å². The predicted molar refractivity (Wildman–Crippen MR) is 125 cm³/mol. The summed E-state index contributed by atoms with van der Waals surface area (Å²) in [5.41, 5.74) is 1.43. The van der Waals surface area contributed by atoms with Crippen molar-refractivity contribution in [3.05, 3.63) is 71.0 Å². The summed E-state index contributed by atoms with van der Waals surface area (Å²) in [6.07, 6.45) is 0.320. The maximum atomic E-state index is 13.3. The molecule has 3 rings (SSSR count). The van der Waals surface area contributed by atoms with Crippen molar-refractivity contribution in [2.45, 2.75) is 46.2 Å². The Balaban J connectivity index is 1.66. The lowest BCUT2D eigenvalue weighted by Gasteiger charge is -2.29. The molecular weight excluding hydrogens is 437 g/mol. The van der Waals surface area contributed by atoms with Crippen LogP contribution >= 0.6 is 0 Å². The minimum absolute atomic E-state index is 0.0520. The summed E-state index contributed by atoms with van der Waals surface area (Å²) < 4.78 is 13.3. The highest BCUT2D eigenvalue weighted by molar-refractivity contribution is 6.21. The topological polar surface area (TPSA) is 86.8 Å². The molecule has 1 aliphatic rings. The van der Waals surface area contributed by atoms with Crippen molar-refractivity contribution >= 4 is 23.6 Å². The van der Waals surface area contributed by atoms with Gasteiger partial charge in [0.05, 0.1) is 11.1 Å². The Morgan fingerprint density at radius 1 is 0.971 bits per heavy atom. The van der Waals surface area contributed by atoms with Crippen molar-refractivity contribution in [2.75, 3.05) is 13.1 Å². The fourth-order valence-corrected chi connectivity index (χ4v) is 3.80. The van der Waals surface area contributed by atoms with E-state index >= 15 is 0 Å². The molecule has 8 heteroatoms. The Morgan fingerprint density at radius 2 is 1.56 bits per heavy atom. The first-order valence-electron chi connectivity index (χ1n) is 11.5. The molecule has 0 aliphatic carbocycles. The molecule has 0 saturated heterocycles. The number of halogens is 1. The number of nitrogens with one attached hydrogen (secondary N) is 1. The van der Waals surface area contributed by atoms with Gasteiger partial charge in [0, 0.05) is 26.1 Å². The quantitative estimate of drug-likeness (QED) is 0.543. The van der Waals surface area contributed by atoms with E-state index in [2.05, 4.69) is 5.32 Å². The SMILES string of the molecule is CC(C)CNC(=O)[C@H](C)N(Cc1ccc(F)cc1)C(=O)CCCN1C(=O)c2ccccc2C1=O. The summed E-state index contributed by atoms with van der Waals surface area (Å²) in [4.78, 5) is 53.5. The number of rotatable bonds is 10. The number of carbonyl (C=O) groups is 4. The van der Waals surface area contributed by atoms with E-state index in [4.69, 9.17) is 0 Å². The van der Waals surface area contributed by atoms with Gasteiger partial charge in [-0.15, -0.1) is 0 Å². The smallest absolute Gasteiger partial charge is 0.261 e. The normalized spacial score (nSPS) is 13.7. The Bertz CT molecular complexity index is 1030. The third-order valence-corrected chi connectivity index (χ3v) is 5.77. The number of hydrogen-bond acceptors (Lipinski definition) is 4. The monoisotopic (exact) mass is 467 g/mol. The first kappa shape index (κ1) is 25.1. The second-order valence-corrected chi connectivity index (χ2v) is 8.87. The van der Waals surface area contributed by atoms with Crippen molar-refractivity contribution in [3.8, 4) is 0 Å². The van der Waals surface area contributed by atoms with Crippen LogP contribution in [0.15, 0.2) is 48.5 Å². The molecule has 0 unspecified atom stereocenters. The number of amides is 4. The number of carbonyl (C=O) groups excluding carboxylic acids is 4. The lowest BCUT2D eigenvalue weighted by atomic mass is 10.1. The van der Waals surface area contributed by atoms with Crippen molar-refractivity contribution in [3.63, 3.8) is 0 Å². The molecule has 1 heterocycles. The van der Waals surface area contributed by atoms with E-state index in [1.807, 2.05) is 13.8 Å². The van der Waals surface area contributed by atoms with Gasteiger partial charge < -0.3 is 10.2 Å². The van der Waals surface area contributed by atoms with Gasteiger partial charge >= 0.3 is 0 Å². The molecule has 2 aromatic rings. The summed E-state index contributed by atoms with van der Waals surface area (Å²) in [5, 5.41) is 2.84. The minimum Gasteiger partial charge on any atom is -0.354 e. The zero-order chi connectivity index (χ0) is 24.8. The van der Waals surface area contributed by atoms with Crippen LogP contribution in [-0.2, 0) is 16.1 Å². The molecule has 34 heavy (non-hydrogen) atoms. The Morgan fingerprint density at radius 3 is 2.12 bits per heavy atom. The zero-order valence-electron chi connectivity index (χ0n) is 19.7. The molecular formula is C26H30FN3O4. The molecule has 0 fully saturated rings. The summed E-state index contributed by atoms with van der Waals surface area (Å²) in [6, 6.07) is 11.7. The third kappa shape index (κ3) is 5.87. The molecule has 0 bridgehead atoms. The third-order valence-electron chi connectivity index (χ3n) is 5.77. The number of imide groups is 1. The fraction of sp³-hybridized carbons (Fsp3) is 0.385. The summed E-state index contributed by atoms with van der Waals surface area (Å²) in [7, 11) is 0. The largest absolute Gasteiger partial charge is 0.354 e. The van der Waals surface area contributed by atoms with Gasteiger partial charge in [0.2, 0.25) is 11.8 Å². The van der Waals surface area contributed by atoms with E-state index in [-0.39, 0.29) is 61.3 Å².